The average molecular weight is 235 g/mol. The Kier molecular flexibility index (Phi) is 3.97. The number of nitrogens with two attached hydrogens (primary N) is 1. The van der Waals surface area contributed by atoms with E-state index in [4.69, 9.17) is 10.5 Å². The number of hydrogen-bond acceptors (Lipinski definition) is 4. The van der Waals surface area contributed by atoms with E-state index >= 15 is 0 Å². The highest BCUT2D eigenvalue weighted by Crippen LogP contribution is 2.23. The Bertz CT molecular complexity index is 350. The first-order chi connectivity index (χ1) is 8.20. The molecule has 2 rings (SSSR count). The molecule has 0 spiro atoms. The summed E-state index contributed by atoms with van der Waals surface area (Å²) in [5.41, 5.74) is 7.92. The van der Waals surface area contributed by atoms with Gasteiger partial charge in [-0.1, -0.05) is 0 Å². The second kappa shape index (κ2) is 5.47. The minimum Gasteiger partial charge on any atom is -0.384 e. The standard InChI is InChI=1S/C13H21N3O/c1-10(14)13-4-3-12(7-15-13)16-6-5-11(8-16)9-17-2/h3-4,7,10-11H,5-6,8-9,14H2,1-2H3/t10-,11?/m0/s1. The Morgan fingerprint density at radius 3 is 3.00 bits per heavy atom. The largest absolute Gasteiger partial charge is 0.384 e. The van der Waals surface area contributed by atoms with Crippen LogP contribution < -0.4 is 10.6 Å². The SMILES string of the molecule is COCC1CCN(c2ccc([C@H](C)N)nc2)C1. The van der Waals surface area contributed by atoms with Crippen LogP contribution in [-0.4, -0.2) is 31.8 Å². The van der Waals surface area contributed by atoms with Crippen LogP contribution in [0, 0.1) is 5.92 Å². The maximum absolute atomic E-state index is 5.79. The van der Waals surface area contributed by atoms with Gasteiger partial charge in [-0.15, -0.1) is 0 Å². The van der Waals surface area contributed by atoms with Gasteiger partial charge in [0.05, 0.1) is 24.2 Å². The maximum Gasteiger partial charge on any atom is 0.0569 e. The second-order valence-electron chi connectivity index (χ2n) is 4.79. The van der Waals surface area contributed by atoms with E-state index in [1.165, 1.54) is 12.1 Å². The van der Waals surface area contributed by atoms with Crippen molar-refractivity contribution < 1.29 is 4.74 Å². The van der Waals surface area contributed by atoms with E-state index in [-0.39, 0.29) is 6.04 Å². The summed E-state index contributed by atoms with van der Waals surface area (Å²) in [6, 6.07) is 4.13. The lowest BCUT2D eigenvalue weighted by Crippen LogP contribution is -2.21. The highest BCUT2D eigenvalue weighted by Gasteiger charge is 2.22. The number of anilines is 1. The first kappa shape index (κ1) is 12.3. The Hall–Kier alpha value is -1.13. The van der Waals surface area contributed by atoms with Crippen molar-refractivity contribution in [2.45, 2.75) is 19.4 Å². The molecule has 0 aliphatic carbocycles. The van der Waals surface area contributed by atoms with Crippen LogP contribution in [0.5, 0.6) is 0 Å². The summed E-state index contributed by atoms with van der Waals surface area (Å²) in [5, 5.41) is 0. The fourth-order valence-corrected chi connectivity index (χ4v) is 2.29. The highest BCUT2D eigenvalue weighted by atomic mass is 16.5. The molecule has 1 fully saturated rings. The predicted octanol–water partition coefficient (Wildman–Crippen LogP) is 1.57. The van der Waals surface area contributed by atoms with Gasteiger partial charge >= 0.3 is 0 Å². The minimum absolute atomic E-state index is 0.00358. The fourth-order valence-electron chi connectivity index (χ4n) is 2.29. The average Bonchev–Trinajstić information content (AvgIpc) is 2.78. The fraction of sp³-hybridized carbons (Fsp3) is 0.615. The molecule has 0 amide bonds. The normalized spacial score (nSPS) is 21.8. The number of nitrogens with zero attached hydrogens (tertiary/aromatic N) is 2. The topological polar surface area (TPSA) is 51.4 Å². The van der Waals surface area contributed by atoms with Crippen LogP contribution in [0.25, 0.3) is 0 Å². The first-order valence-corrected chi connectivity index (χ1v) is 6.16. The van der Waals surface area contributed by atoms with Gasteiger partial charge in [-0.2, -0.15) is 0 Å². The van der Waals surface area contributed by atoms with Crippen molar-refractivity contribution in [1.82, 2.24) is 4.98 Å². The summed E-state index contributed by atoms with van der Waals surface area (Å²) in [5.74, 6) is 0.646. The first-order valence-electron chi connectivity index (χ1n) is 6.16. The molecule has 0 aromatic carbocycles. The zero-order valence-corrected chi connectivity index (χ0v) is 10.6. The molecule has 2 N–H and O–H groups in total. The lowest BCUT2D eigenvalue weighted by Gasteiger charge is -2.18. The van der Waals surface area contributed by atoms with Gasteiger partial charge in [0.15, 0.2) is 0 Å². The van der Waals surface area contributed by atoms with E-state index in [0.29, 0.717) is 5.92 Å². The summed E-state index contributed by atoms with van der Waals surface area (Å²) < 4.78 is 5.20. The van der Waals surface area contributed by atoms with E-state index in [2.05, 4.69) is 16.0 Å². The van der Waals surface area contributed by atoms with Crippen LogP contribution in [0.4, 0.5) is 5.69 Å². The van der Waals surface area contributed by atoms with Gasteiger partial charge in [0, 0.05) is 32.2 Å². The Labute approximate surface area is 103 Å². The second-order valence-corrected chi connectivity index (χ2v) is 4.79. The molecule has 1 unspecified atom stereocenters. The number of aromatic nitrogens is 1. The van der Waals surface area contributed by atoms with Crippen LogP contribution in [-0.2, 0) is 4.74 Å². The van der Waals surface area contributed by atoms with Crippen LogP contribution in [0.15, 0.2) is 18.3 Å². The molecule has 0 saturated carbocycles. The molecule has 1 aliphatic heterocycles. The monoisotopic (exact) mass is 235 g/mol. The van der Waals surface area contributed by atoms with Gasteiger partial charge in [0.2, 0.25) is 0 Å². The molecule has 4 nitrogen and oxygen atoms in total. The molecule has 2 atom stereocenters. The number of pyridine rings is 1. The molecule has 4 heteroatoms. The van der Waals surface area contributed by atoms with Crippen molar-refractivity contribution in [1.29, 1.82) is 0 Å². The molecule has 1 aliphatic rings. The molecular formula is C13H21N3O. The Balaban J connectivity index is 1.99. The lowest BCUT2D eigenvalue weighted by atomic mass is 10.1. The van der Waals surface area contributed by atoms with Gasteiger partial charge in [-0.3, -0.25) is 4.98 Å². The van der Waals surface area contributed by atoms with Gasteiger partial charge in [0.1, 0.15) is 0 Å². The third-order valence-corrected chi connectivity index (χ3v) is 3.29. The molecule has 1 saturated heterocycles. The summed E-state index contributed by atoms with van der Waals surface area (Å²) in [7, 11) is 1.77. The maximum atomic E-state index is 5.79. The molecule has 0 radical (unpaired) electrons. The number of rotatable bonds is 4. The third kappa shape index (κ3) is 2.96. The van der Waals surface area contributed by atoms with Crippen LogP contribution >= 0.6 is 0 Å². The summed E-state index contributed by atoms with van der Waals surface area (Å²) in [6.07, 6.45) is 3.12. The third-order valence-electron chi connectivity index (χ3n) is 3.29. The van der Waals surface area contributed by atoms with Gasteiger partial charge in [-0.25, -0.2) is 0 Å². The minimum atomic E-state index is 0.00358. The van der Waals surface area contributed by atoms with Crippen molar-refractivity contribution in [2.24, 2.45) is 11.7 Å². The Morgan fingerprint density at radius 2 is 2.41 bits per heavy atom. The molecule has 0 bridgehead atoms. The quantitative estimate of drug-likeness (QED) is 0.860. The van der Waals surface area contributed by atoms with Crippen molar-refractivity contribution >= 4 is 5.69 Å². The molecule has 17 heavy (non-hydrogen) atoms. The van der Waals surface area contributed by atoms with Crippen molar-refractivity contribution in [3.63, 3.8) is 0 Å². The summed E-state index contributed by atoms with van der Waals surface area (Å²) >= 11 is 0. The Morgan fingerprint density at radius 1 is 1.59 bits per heavy atom. The molecule has 1 aromatic heterocycles. The summed E-state index contributed by atoms with van der Waals surface area (Å²) in [4.78, 5) is 6.76. The lowest BCUT2D eigenvalue weighted by molar-refractivity contribution is 0.161. The zero-order chi connectivity index (χ0) is 12.3. The number of methoxy groups -OCH3 is 1. The smallest absolute Gasteiger partial charge is 0.0569 e. The molecule has 94 valence electrons. The number of ether oxygens (including phenoxy) is 1. The van der Waals surface area contributed by atoms with Crippen LogP contribution in [0.2, 0.25) is 0 Å². The van der Waals surface area contributed by atoms with E-state index in [9.17, 15) is 0 Å². The van der Waals surface area contributed by atoms with E-state index in [0.717, 1.165) is 25.4 Å². The van der Waals surface area contributed by atoms with Crippen LogP contribution in [0.1, 0.15) is 25.1 Å². The van der Waals surface area contributed by atoms with Gasteiger partial charge in [0.25, 0.3) is 0 Å². The zero-order valence-electron chi connectivity index (χ0n) is 10.6. The summed E-state index contributed by atoms with van der Waals surface area (Å²) in [6.45, 7) is 4.95. The van der Waals surface area contributed by atoms with E-state index in [1.54, 1.807) is 7.11 Å². The van der Waals surface area contributed by atoms with Gasteiger partial charge < -0.3 is 15.4 Å². The number of hydrogen-bond donors (Lipinski definition) is 1. The van der Waals surface area contributed by atoms with Crippen LogP contribution in [0.3, 0.4) is 0 Å². The van der Waals surface area contributed by atoms with Crippen molar-refractivity contribution in [2.75, 3.05) is 31.7 Å². The molecular weight excluding hydrogens is 214 g/mol. The molecule has 1 aromatic rings. The van der Waals surface area contributed by atoms with E-state index < -0.39 is 0 Å². The predicted molar refractivity (Wildman–Crippen MR) is 69.0 cm³/mol. The van der Waals surface area contributed by atoms with E-state index in [1.807, 2.05) is 19.2 Å². The molecule has 2 heterocycles. The van der Waals surface area contributed by atoms with Crippen molar-refractivity contribution in [3.05, 3.63) is 24.0 Å². The van der Waals surface area contributed by atoms with Gasteiger partial charge in [-0.05, 0) is 25.5 Å². The highest BCUT2D eigenvalue weighted by molar-refractivity contribution is 5.45. The van der Waals surface area contributed by atoms with Crippen molar-refractivity contribution in [3.8, 4) is 0 Å².